The van der Waals surface area contributed by atoms with Crippen molar-refractivity contribution in [3.63, 3.8) is 0 Å². The van der Waals surface area contributed by atoms with Gasteiger partial charge in [0.2, 0.25) is 0 Å². The lowest BCUT2D eigenvalue weighted by atomic mass is 9.89. The van der Waals surface area contributed by atoms with Gasteiger partial charge in [0.25, 0.3) is 5.91 Å². The molecule has 0 radical (unpaired) electrons. The molecule has 0 saturated carbocycles. The van der Waals surface area contributed by atoms with Crippen LogP contribution in [0.15, 0.2) is 140 Å². The minimum Gasteiger partial charge on any atom is -0.392 e. The van der Waals surface area contributed by atoms with E-state index in [1.54, 1.807) is 12.1 Å². The van der Waals surface area contributed by atoms with Crippen LogP contribution in [0, 0.1) is 5.92 Å². The predicted octanol–water partition coefficient (Wildman–Crippen LogP) is 7.93. The molecule has 5 aromatic carbocycles. The van der Waals surface area contributed by atoms with Crippen LogP contribution in [0.5, 0.6) is 0 Å². The first-order valence-electron chi connectivity index (χ1n) is 15.8. The lowest BCUT2D eigenvalue weighted by Crippen LogP contribution is -2.44. The van der Waals surface area contributed by atoms with E-state index >= 15 is 0 Å². The van der Waals surface area contributed by atoms with Crippen molar-refractivity contribution in [2.45, 2.75) is 45.1 Å². The van der Waals surface area contributed by atoms with Crippen molar-refractivity contribution in [2.24, 2.45) is 5.92 Å². The zero-order valence-electron chi connectivity index (χ0n) is 26.0. The summed E-state index contributed by atoms with van der Waals surface area (Å²) in [6.45, 7) is 4.48. The summed E-state index contributed by atoms with van der Waals surface area (Å²) in [6, 6.07) is 45.9. The van der Waals surface area contributed by atoms with Gasteiger partial charge >= 0.3 is 0 Å². The van der Waals surface area contributed by atoms with E-state index in [9.17, 15) is 9.90 Å². The summed E-state index contributed by atoms with van der Waals surface area (Å²) in [5.41, 5.74) is 6.59. The Morgan fingerprint density at radius 3 is 1.78 bits per heavy atom. The Morgan fingerprint density at radius 1 is 0.674 bits per heavy atom. The molecule has 6 nitrogen and oxygen atoms in total. The Kier molecular flexibility index (Phi) is 10.3. The van der Waals surface area contributed by atoms with Gasteiger partial charge in [0, 0.05) is 42.4 Å². The van der Waals surface area contributed by atoms with Gasteiger partial charge in [0.05, 0.1) is 18.8 Å². The van der Waals surface area contributed by atoms with Gasteiger partial charge < -0.3 is 19.9 Å². The third-order valence-electron chi connectivity index (χ3n) is 8.54. The Labute approximate surface area is 271 Å². The molecule has 1 amide bonds. The second kappa shape index (κ2) is 15.1. The van der Waals surface area contributed by atoms with Crippen LogP contribution >= 0.6 is 0 Å². The van der Waals surface area contributed by atoms with Gasteiger partial charge in [-0.15, -0.1) is 0 Å². The van der Waals surface area contributed by atoms with E-state index in [4.69, 9.17) is 9.47 Å². The molecule has 1 saturated heterocycles. The lowest BCUT2D eigenvalue weighted by molar-refractivity contribution is -0.276. The summed E-state index contributed by atoms with van der Waals surface area (Å²) in [7, 11) is 0. The number of amides is 1. The first-order valence-corrected chi connectivity index (χ1v) is 15.8. The molecule has 46 heavy (non-hydrogen) atoms. The minimum absolute atomic E-state index is 0.00316. The second-order valence-electron chi connectivity index (χ2n) is 11.9. The molecular weight excluding hydrogens is 572 g/mol. The number of anilines is 1. The number of ether oxygens (including phenoxy) is 2. The zero-order valence-corrected chi connectivity index (χ0v) is 26.0. The predicted molar refractivity (Wildman–Crippen MR) is 181 cm³/mol. The fourth-order valence-electron chi connectivity index (χ4n) is 5.97. The molecule has 0 bridgehead atoms. The molecule has 6 rings (SSSR count). The molecule has 0 aromatic heterocycles. The first kappa shape index (κ1) is 31.4. The van der Waals surface area contributed by atoms with Crippen LogP contribution in [-0.4, -0.2) is 28.6 Å². The van der Waals surface area contributed by atoms with E-state index in [0.29, 0.717) is 17.8 Å². The topological polar surface area (TPSA) is 71.0 Å². The Morgan fingerprint density at radius 2 is 1.22 bits per heavy atom. The monoisotopic (exact) mass is 612 g/mol. The van der Waals surface area contributed by atoms with Gasteiger partial charge in [-0.3, -0.25) is 9.69 Å². The molecule has 2 N–H and O–H groups in total. The molecule has 1 aliphatic heterocycles. The average molecular weight is 613 g/mol. The Bertz CT molecular complexity index is 1620. The van der Waals surface area contributed by atoms with Crippen molar-refractivity contribution in [2.75, 3.05) is 11.9 Å². The maximum atomic E-state index is 12.7. The van der Waals surface area contributed by atoms with Crippen LogP contribution in [0.2, 0.25) is 0 Å². The number of nitrogens with zero attached hydrogens (tertiary/aromatic N) is 1. The van der Waals surface area contributed by atoms with E-state index in [1.807, 2.05) is 78.9 Å². The zero-order chi connectivity index (χ0) is 31.7. The van der Waals surface area contributed by atoms with Gasteiger partial charge in [-0.1, -0.05) is 122 Å². The average Bonchev–Trinajstić information content (AvgIpc) is 3.11. The summed E-state index contributed by atoms with van der Waals surface area (Å²) in [5.74, 6) is -0.106. The summed E-state index contributed by atoms with van der Waals surface area (Å²) < 4.78 is 13.5. The maximum Gasteiger partial charge on any atom is 0.255 e. The molecule has 0 unspecified atom stereocenters. The normalized spacial score (nSPS) is 19.5. The smallest absolute Gasteiger partial charge is 0.255 e. The molecule has 0 aliphatic carbocycles. The molecule has 6 heteroatoms. The van der Waals surface area contributed by atoms with Crippen LogP contribution < -0.4 is 5.32 Å². The largest absolute Gasteiger partial charge is 0.392 e. The van der Waals surface area contributed by atoms with Gasteiger partial charge in [-0.2, -0.15) is 0 Å². The molecule has 1 heterocycles. The minimum atomic E-state index is -0.599. The lowest BCUT2D eigenvalue weighted by Gasteiger charge is -2.43. The van der Waals surface area contributed by atoms with Crippen molar-refractivity contribution in [3.8, 4) is 0 Å². The van der Waals surface area contributed by atoms with Crippen molar-refractivity contribution < 1.29 is 19.4 Å². The van der Waals surface area contributed by atoms with Crippen molar-refractivity contribution in [1.29, 1.82) is 0 Å². The molecule has 1 aliphatic rings. The van der Waals surface area contributed by atoms with Gasteiger partial charge in [0.15, 0.2) is 6.29 Å². The Balaban J connectivity index is 1.25. The molecular formula is C40H40N2O4. The van der Waals surface area contributed by atoms with Crippen LogP contribution in [0.25, 0.3) is 0 Å². The van der Waals surface area contributed by atoms with E-state index in [0.717, 1.165) is 29.8 Å². The summed E-state index contributed by atoms with van der Waals surface area (Å²) in [5, 5.41) is 12.6. The summed E-state index contributed by atoms with van der Waals surface area (Å²) >= 11 is 0. The number of nitrogens with one attached hydrogen (secondary N) is 1. The third kappa shape index (κ3) is 7.97. The van der Waals surface area contributed by atoms with E-state index in [1.165, 1.54) is 11.1 Å². The maximum absolute atomic E-state index is 12.7. The molecule has 4 atom stereocenters. The van der Waals surface area contributed by atoms with Gasteiger partial charge in [-0.05, 0) is 46.5 Å². The molecule has 0 spiro atoms. The number of aliphatic hydroxyl groups is 1. The fraction of sp³-hybridized carbons (Fsp3) is 0.225. The first-order chi connectivity index (χ1) is 22.6. The Hall–Kier alpha value is -4.59. The quantitative estimate of drug-likeness (QED) is 0.159. The fourth-order valence-corrected chi connectivity index (χ4v) is 5.97. The number of carbonyl (C=O) groups excluding carboxylic acids is 1. The highest BCUT2D eigenvalue weighted by Crippen LogP contribution is 2.42. The number of carbonyl (C=O) groups is 1. The van der Waals surface area contributed by atoms with Crippen LogP contribution in [-0.2, 0) is 29.2 Å². The highest BCUT2D eigenvalue weighted by atomic mass is 16.7. The van der Waals surface area contributed by atoms with Crippen LogP contribution in [0.3, 0.4) is 0 Å². The van der Waals surface area contributed by atoms with E-state index in [-0.39, 0.29) is 30.6 Å². The third-order valence-corrected chi connectivity index (χ3v) is 8.54. The number of hydrogen-bond donors (Lipinski definition) is 2. The second-order valence-corrected chi connectivity index (χ2v) is 11.9. The number of hydrogen-bond acceptors (Lipinski definition) is 5. The van der Waals surface area contributed by atoms with E-state index < -0.39 is 6.29 Å². The number of rotatable bonds is 11. The highest BCUT2D eigenvalue weighted by Gasteiger charge is 2.39. The molecule has 234 valence electrons. The number of aliphatic hydroxyl groups excluding tert-OH is 1. The van der Waals surface area contributed by atoms with Crippen molar-refractivity contribution in [1.82, 2.24) is 4.90 Å². The van der Waals surface area contributed by atoms with Crippen molar-refractivity contribution in [3.05, 3.63) is 173 Å². The van der Waals surface area contributed by atoms with Crippen LogP contribution in [0.1, 0.15) is 57.5 Å². The summed E-state index contributed by atoms with van der Waals surface area (Å²) in [4.78, 5) is 15.2. The standard InChI is InChI=1S/C40H40N2O4/c1-29-37(27-42(25-30-11-5-2-6-12-30)26-31-13-7-3-8-14-31)45-40(46-38(29)33-19-17-32(28-43)18-20-33)35-21-23-36(24-22-35)41-39(44)34-15-9-4-10-16-34/h2-24,29,37-38,40,43H,25-28H2,1H3,(H,41,44)/t29-,37+,38+,40+/m0/s1. The van der Waals surface area contributed by atoms with E-state index in [2.05, 4.69) is 65.7 Å². The van der Waals surface area contributed by atoms with Crippen molar-refractivity contribution >= 4 is 11.6 Å². The molecule has 1 fully saturated rings. The van der Waals surface area contributed by atoms with Gasteiger partial charge in [0.1, 0.15) is 0 Å². The van der Waals surface area contributed by atoms with Gasteiger partial charge in [-0.25, -0.2) is 0 Å². The summed E-state index contributed by atoms with van der Waals surface area (Å²) in [6.07, 6.45) is -0.951. The molecule has 5 aromatic rings. The van der Waals surface area contributed by atoms with Crippen LogP contribution in [0.4, 0.5) is 5.69 Å². The SMILES string of the molecule is C[C@H]1[C@@H](CN(Cc2ccccc2)Cc2ccccc2)O[C@@H](c2ccc(NC(=O)c3ccccc3)cc2)O[C@H]1c1ccc(CO)cc1. The highest BCUT2D eigenvalue weighted by molar-refractivity contribution is 6.04. The number of benzene rings is 5.